The van der Waals surface area contributed by atoms with Gasteiger partial charge in [-0.1, -0.05) is 24.2 Å². The maximum absolute atomic E-state index is 5.63. The van der Waals surface area contributed by atoms with Crippen LogP contribution in [0.3, 0.4) is 0 Å². The van der Waals surface area contributed by atoms with E-state index in [1.807, 2.05) is 13.0 Å². The lowest BCUT2D eigenvalue weighted by molar-refractivity contribution is 0.754. The number of rotatable bonds is 3. The molecule has 0 amide bonds. The van der Waals surface area contributed by atoms with Gasteiger partial charge in [-0.2, -0.15) is 0 Å². The fourth-order valence-electron chi connectivity index (χ4n) is 2.44. The van der Waals surface area contributed by atoms with E-state index in [0.29, 0.717) is 12.0 Å². The quantitative estimate of drug-likeness (QED) is 0.900. The molecule has 2 aromatic rings. The van der Waals surface area contributed by atoms with Gasteiger partial charge in [-0.25, -0.2) is 15.0 Å². The molecule has 0 bridgehead atoms. The lowest BCUT2D eigenvalue weighted by Gasteiger charge is -2.09. The summed E-state index contributed by atoms with van der Waals surface area (Å²) < 4.78 is 0. The van der Waals surface area contributed by atoms with Gasteiger partial charge in [0, 0.05) is 12.2 Å². The molecule has 1 fully saturated rings. The van der Waals surface area contributed by atoms with Gasteiger partial charge in [-0.05, 0) is 25.8 Å². The maximum atomic E-state index is 5.63. The van der Waals surface area contributed by atoms with E-state index in [2.05, 4.69) is 20.3 Å². The minimum atomic E-state index is 0.301. The van der Waals surface area contributed by atoms with Crippen molar-refractivity contribution >= 4 is 22.4 Å². The van der Waals surface area contributed by atoms with Gasteiger partial charge in [0.1, 0.15) is 0 Å². The number of hydrogen-bond acceptors (Lipinski definition) is 6. The number of hydrogen-bond donors (Lipinski definition) is 2. The molecule has 1 aliphatic carbocycles. The number of anilines is 2. The van der Waals surface area contributed by atoms with Crippen LogP contribution in [0.5, 0.6) is 0 Å². The van der Waals surface area contributed by atoms with Gasteiger partial charge >= 0.3 is 0 Å². The Hall–Kier alpha value is -1.69. The Morgan fingerprint density at radius 2 is 2.11 bits per heavy atom. The molecule has 0 radical (unpaired) electrons. The minimum absolute atomic E-state index is 0.301. The van der Waals surface area contributed by atoms with Crippen molar-refractivity contribution in [1.82, 2.24) is 15.0 Å². The van der Waals surface area contributed by atoms with Crippen molar-refractivity contribution < 1.29 is 0 Å². The molecule has 0 unspecified atom stereocenters. The van der Waals surface area contributed by atoms with Crippen molar-refractivity contribution in [3.8, 4) is 10.6 Å². The smallest absolute Gasteiger partial charge is 0.220 e. The first-order chi connectivity index (χ1) is 9.22. The third-order valence-electron chi connectivity index (χ3n) is 3.39. The van der Waals surface area contributed by atoms with Crippen LogP contribution in [-0.2, 0) is 0 Å². The van der Waals surface area contributed by atoms with Crippen LogP contribution in [0.25, 0.3) is 10.6 Å². The number of nitrogen functional groups attached to an aromatic ring is 1. The van der Waals surface area contributed by atoms with Gasteiger partial charge < -0.3 is 11.1 Å². The van der Waals surface area contributed by atoms with Gasteiger partial charge in [0.25, 0.3) is 0 Å². The van der Waals surface area contributed by atoms with E-state index in [4.69, 9.17) is 5.73 Å². The summed E-state index contributed by atoms with van der Waals surface area (Å²) in [5, 5.41) is 4.50. The maximum Gasteiger partial charge on any atom is 0.220 e. The first-order valence-electron chi connectivity index (χ1n) is 6.55. The molecule has 2 heterocycles. The molecule has 19 heavy (non-hydrogen) atoms. The second kappa shape index (κ2) is 5.13. The van der Waals surface area contributed by atoms with Crippen LogP contribution in [0.1, 0.15) is 31.4 Å². The molecular weight excluding hydrogens is 258 g/mol. The Morgan fingerprint density at radius 3 is 2.84 bits per heavy atom. The number of nitrogens with zero attached hydrogens (tertiary/aromatic N) is 3. The van der Waals surface area contributed by atoms with Crippen molar-refractivity contribution in [3.63, 3.8) is 0 Å². The van der Waals surface area contributed by atoms with Crippen LogP contribution in [-0.4, -0.2) is 21.0 Å². The van der Waals surface area contributed by atoms with Crippen LogP contribution in [0, 0.1) is 6.92 Å². The zero-order valence-electron chi connectivity index (χ0n) is 10.9. The molecule has 0 spiro atoms. The summed E-state index contributed by atoms with van der Waals surface area (Å²) in [5.74, 6) is 0.301. The number of nitrogens with one attached hydrogen (secondary N) is 1. The predicted octanol–water partition coefficient (Wildman–Crippen LogP) is 2.85. The Kier molecular flexibility index (Phi) is 3.33. The summed E-state index contributed by atoms with van der Waals surface area (Å²) >= 11 is 1.64. The van der Waals surface area contributed by atoms with Gasteiger partial charge in [-0.15, -0.1) is 0 Å². The molecule has 3 rings (SSSR count). The van der Waals surface area contributed by atoms with Gasteiger partial charge in [-0.3, -0.25) is 0 Å². The third kappa shape index (κ3) is 2.68. The number of aryl methyl sites for hydroxylation is 1. The minimum Gasteiger partial charge on any atom is -0.368 e. The van der Waals surface area contributed by atoms with E-state index in [0.717, 1.165) is 21.4 Å². The summed E-state index contributed by atoms with van der Waals surface area (Å²) in [5.41, 5.74) is 7.47. The van der Waals surface area contributed by atoms with Crippen LogP contribution in [0.2, 0.25) is 0 Å². The van der Waals surface area contributed by atoms with Gasteiger partial charge in [0.15, 0.2) is 5.13 Å². The number of thiazole rings is 1. The number of aromatic nitrogens is 3. The first kappa shape index (κ1) is 12.3. The fourth-order valence-corrected chi connectivity index (χ4v) is 3.45. The lowest BCUT2D eigenvalue weighted by atomic mass is 10.3. The average Bonchev–Trinajstić information content (AvgIpc) is 3.00. The molecule has 0 aromatic carbocycles. The van der Waals surface area contributed by atoms with E-state index >= 15 is 0 Å². The molecule has 1 saturated carbocycles. The van der Waals surface area contributed by atoms with E-state index in [1.165, 1.54) is 25.7 Å². The highest BCUT2D eigenvalue weighted by molar-refractivity contribution is 7.19. The largest absolute Gasteiger partial charge is 0.368 e. The monoisotopic (exact) mass is 275 g/mol. The molecular formula is C13H17N5S. The zero-order chi connectivity index (χ0) is 13.2. The van der Waals surface area contributed by atoms with Crippen LogP contribution in [0.15, 0.2) is 12.3 Å². The van der Waals surface area contributed by atoms with Crippen LogP contribution >= 0.6 is 11.3 Å². The van der Waals surface area contributed by atoms with Gasteiger partial charge in [0.2, 0.25) is 5.95 Å². The highest BCUT2D eigenvalue weighted by atomic mass is 32.1. The fraction of sp³-hybridized carbons (Fsp3) is 0.462. The molecule has 100 valence electrons. The summed E-state index contributed by atoms with van der Waals surface area (Å²) in [7, 11) is 0. The van der Waals surface area contributed by atoms with E-state index in [1.54, 1.807) is 17.5 Å². The molecule has 0 saturated heterocycles. The van der Waals surface area contributed by atoms with Crippen LogP contribution < -0.4 is 11.1 Å². The van der Waals surface area contributed by atoms with Crippen molar-refractivity contribution in [2.45, 2.75) is 38.6 Å². The molecule has 0 atom stereocenters. The molecule has 6 heteroatoms. The molecule has 5 nitrogen and oxygen atoms in total. The molecule has 1 aliphatic rings. The molecule has 2 aromatic heterocycles. The first-order valence-corrected chi connectivity index (χ1v) is 7.37. The Morgan fingerprint density at radius 1 is 1.32 bits per heavy atom. The SMILES string of the molecule is Cc1nc(NC2CCCC2)sc1-c1ccnc(N)n1. The predicted molar refractivity (Wildman–Crippen MR) is 78.2 cm³/mol. The van der Waals surface area contributed by atoms with E-state index in [-0.39, 0.29) is 0 Å². The van der Waals surface area contributed by atoms with E-state index < -0.39 is 0 Å². The van der Waals surface area contributed by atoms with Crippen molar-refractivity contribution in [2.75, 3.05) is 11.1 Å². The van der Waals surface area contributed by atoms with Crippen molar-refractivity contribution in [2.24, 2.45) is 0 Å². The highest BCUT2D eigenvalue weighted by Gasteiger charge is 2.17. The summed E-state index contributed by atoms with van der Waals surface area (Å²) in [6.07, 6.45) is 6.80. The Labute approximate surface area is 116 Å². The normalized spacial score (nSPS) is 15.8. The summed E-state index contributed by atoms with van der Waals surface area (Å²) in [6.45, 7) is 2.00. The standard InChI is InChI=1S/C13H17N5S/c1-8-11(10-6-7-15-12(14)18-10)19-13(16-8)17-9-4-2-3-5-9/h6-7,9H,2-5H2,1H3,(H,16,17)(H2,14,15,18). The van der Waals surface area contributed by atoms with E-state index in [9.17, 15) is 0 Å². The Bertz CT molecular complexity index is 574. The van der Waals surface area contributed by atoms with Crippen LogP contribution in [0.4, 0.5) is 11.1 Å². The van der Waals surface area contributed by atoms with Crippen molar-refractivity contribution in [3.05, 3.63) is 18.0 Å². The van der Waals surface area contributed by atoms with Crippen molar-refractivity contribution in [1.29, 1.82) is 0 Å². The number of nitrogens with two attached hydrogens (primary N) is 1. The zero-order valence-corrected chi connectivity index (χ0v) is 11.7. The van der Waals surface area contributed by atoms with Gasteiger partial charge in [0.05, 0.1) is 16.3 Å². The lowest BCUT2D eigenvalue weighted by Crippen LogP contribution is -2.13. The highest BCUT2D eigenvalue weighted by Crippen LogP contribution is 2.33. The molecule has 0 aliphatic heterocycles. The average molecular weight is 275 g/mol. The Balaban J connectivity index is 1.84. The topological polar surface area (TPSA) is 76.7 Å². The summed E-state index contributed by atoms with van der Waals surface area (Å²) in [6, 6.07) is 2.45. The second-order valence-electron chi connectivity index (χ2n) is 4.86. The second-order valence-corrected chi connectivity index (χ2v) is 5.86. The third-order valence-corrected chi connectivity index (χ3v) is 4.50. The summed E-state index contributed by atoms with van der Waals surface area (Å²) in [4.78, 5) is 13.8. The molecule has 3 N–H and O–H groups in total.